The van der Waals surface area contributed by atoms with Crippen LogP contribution >= 0.6 is 11.3 Å². The van der Waals surface area contributed by atoms with E-state index in [1.807, 2.05) is 67.6 Å². The Labute approximate surface area is 188 Å². The number of thiazole rings is 1. The van der Waals surface area contributed by atoms with Crippen LogP contribution in [0.15, 0.2) is 82.6 Å². The highest BCUT2D eigenvalue weighted by Crippen LogP contribution is 2.30. The zero-order valence-electron chi connectivity index (χ0n) is 17.5. The number of phenols is 1. The first-order valence-electron chi connectivity index (χ1n) is 10.1. The molecular formula is C25H20N4O2S. The molecule has 6 nitrogen and oxygen atoms in total. The molecule has 2 aromatic heterocycles. The zero-order valence-corrected chi connectivity index (χ0v) is 18.4. The molecule has 0 bridgehead atoms. The van der Waals surface area contributed by atoms with Crippen LogP contribution in [0, 0.1) is 6.92 Å². The molecule has 32 heavy (non-hydrogen) atoms. The van der Waals surface area contributed by atoms with Gasteiger partial charge in [0.1, 0.15) is 11.4 Å². The van der Waals surface area contributed by atoms with E-state index in [1.165, 1.54) is 16.0 Å². The summed E-state index contributed by atoms with van der Waals surface area (Å²) in [5.41, 5.74) is 4.46. The summed E-state index contributed by atoms with van der Waals surface area (Å²) in [5, 5.41) is 14.0. The third-order valence-corrected chi connectivity index (χ3v) is 6.23. The Balaban J connectivity index is 1.73. The lowest BCUT2D eigenvalue weighted by Gasteiger charge is -2.05. The number of hydrogen-bond acceptors (Lipinski definition) is 5. The molecule has 0 fully saturated rings. The van der Waals surface area contributed by atoms with Gasteiger partial charge in [-0.15, -0.1) is 0 Å². The van der Waals surface area contributed by atoms with Crippen LogP contribution in [-0.2, 0) is 0 Å². The van der Waals surface area contributed by atoms with Crippen LogP contribution in [0.4, 0.5) is 5.69 Å². The number of fused-ring (bicyclic) bond motifs is 1. The number of aromatic hydroxyl groups is 1. The maximum atomic E-state index is 13.6. The number of aromatic amines is 1. The van der Waals surface area contributed by atoms with Crippen LogP contribution in [0.3, 0.4) is 0 Å². The van der Waals surface area contributed by atoms with E-state index in [2.05, 4.69) is 15.1 Å². The van der Waals surface area contributed by atoms with E-state index < -0.39 is 0 Å². The highest BCUT2D eigenvalue weighted by Gasteiger charge is 2.21. The lowest BCUT2D eigenvalue weighted by atomic mass is 10.1. The number of aromatic nitrogens is 3. The lowest BCUT2D eigenvalue weighted by molar-refractivity contribution is 0.477. The maximum absolute atomic E-state index is 13.6. The van der Waals surface area contributed by atoms with Gasteiger partial charge in [-0.2, -0.15) is 4.68 Å². The second-order valence-corrected chi connectivity index (χ2v) is 8.53. The summed E-state index contributed by atoms with van der Waals surface area (Å²) in [6, 6.07) is 22.7. The molecule has 0 spiro atoms. The number of aliphatic imine (C=N–C) groups is 1. The summed E-state index contributed by atoms with van der Waals surface area (Å²) in [4.78, 5) is 22.8. The average Bonchev–Trinajstić information content (AvgIpc) is 3.37. The highest BCUT2D eigenvalue weighted by molar-refractivity contribution is 7.20. The van der Waals surface area contributed by atoms with Gasteiger partial charge < -0.3 is 5.11 Å². The Morgan fingerprint density at radius 2 is 1.81 bits per heavy atom. The Bertz CT molecular complexity index is 1490. The molecule has 158 valence electrons. The quantitative estimate of drug-likeness (QED) is 0.357. The van der Waals surface area contributed by atoms with Crippen molar-refractivity contribution in [1.29, 1.82) is 0 Å². The Kier molecular flexibility index (Phi) is 4.95. The Morgan fingerprint density at radius 3 is 2.59 bits per heavy atom. The first-order chi connectivity index (χ1) is 15.5. The van der Waals surface area contributed by atoms with Gasteiger partial charge in [0.05, 0.1) is 27.2 Å². The normalized spacial score (nSPS) is 11.9. The van der Waals surface area contributed by atoms with Crippen molar-refractivity contribution in [2.24, 2.45) is 4.99 Å². The molecule has 2 heterocycles. The molecule has 2 N–H and O–H groups in total. The van der Waals surface area contributed by atoms with Crippen molar-refractivity contribution in [3.63, 3.8) is 0 Å². The molecule has 5 rings (SSSR count). The molecule has 0 radical (unpaired) electrons. The van der Waals surface area contributed by atoms with E-state index in [0.717, 1.165) is 21.3 Å². The third kappa shape index (κ3) is 3.52. The van der Waals surface area contributed by atoms with Crippen molar-refractivity contribution < 1.29 is 5.11 Å². The number of para-hydroxylation sites is 1. The van der Waals surface area contributed by atoms with Crippen molar-refractivity contribution in [2.45, 2.75) is 13.8 Å². The summed E-state index contributed by atoms with van der Waals surface area (Å²) in [7, 11) is 0. The summed E-state index contributed by atoms with van der Waals surface area (Å²) in [6.45, 7) is 3.71. The molecule has 0 aliphatic rings. The zero-order chi connectivity index (χ0) is 22.2. The van der Waals surface area contributed by atoms with Crippen molar-refractivity contribution in [3.8, 4) is 22.1 Å². The minimum absolute atomic E-state index is 0.0678. The standard InChI is InChI=1S/C25H20N4O2S/c1-15-12-13-20(30)19(14-15)26-16(2)22-23(17-8-4-3-5-9-17)28-29(24(22)31)25-27-18-10-6-7-11-21(18)32-25/h3-14,28,30H,1-2H3. The number of hydrogen-bond donors (Lipinski definition) is 2. The van der Waals surface area contributed by atoms with E-state index in [1.54, 1.807) is 19.1 Å². The van der Waals surface area contributed by atoms with Gasteiger partial charge in [-0.3, -0.25) is 9.89 Å². The number of nitrogens with zero attached hydrogens (tertiary/aromatic N) is 3. The number of benzene rings is 3. The van der Waals surface area contributed by atoms with Crippen LogP contribution < -0.4 is 5.56 Å². The summed E-state index contributed by atoms with van der Waals surface area (Å²) in [6.07, 6.45) is 0. The van der Waals surface area contributed by atoms with Crippen LogP contribution in [0.5, 0.6) is 5.75 Å². The SMILES string of the molecule is CC(=Nc1cc(C)ccc1O)c1c(-c2ccccc2)[nH]n(-c2nc3ccccc3s2)c1=O. The maximum Gasteiger partial charge on any atom is 0.283 e. The average molecular weight is 441 g/mol. The van der Waals surface area contributed by atoms with E-state index in [9.17, 15) is 9.90 Å². The largest absolute Gasteiger partial charge is 0.506 e. The van der Waals surface area contributed by atoms with E-state index >= 15 is 0 Å². The van der Waals surface area contributed by atoms with Gasteiger partial charge in [-0.05, 0) is 43.7 Å². The van der Waals surface area contributed by atoms with Gasteiger partial charge >= 0.3 is 0 Å². The van der Waals surface area contributed by atoms with Crippen LogP contribution in [0.2, 0.25) is 0 Å². The summed E-state index contributed by atoms with van der Waals surface area (Å²) >= 11 is 1.44. The van der Waals surface area contributed by atoms with E-state index in [-0.39, 0.29) is 11.3 Å². The summed E-state index contributed by atoms with van der Waals surface area (Å²) in [5.74, 6) is 0.0678. The highest BCUT2D eigenvalue weighted by atomic mass is 32.1. The Morgan fingerprint density at radius 1 is 1.06 bits per heavy atom. The van der Waals surface area contributed by atoms with Crippen LogP contribution in [-0.4, -0.2) is 25.6 Å². The number of rotatable bonds is 4. The number of nitrogens with one attached hydrogen (secondary N) is 1. The predicted molar refractivity (Wildman–Crippen MR) is 130 cm³/mol. The molecule has 0 unspecified atom stereocenters. The van der Waals surface area contributed by atoms with Crippen molar-refractivity contribution in [2.75, 3.05) is 0 Å². The number of H-pyrrole nitrogens is 1. The van der Waals surface area contributed by atoms with Crippen LogP contribution in [0.1, 0.15) is 18.1 Å². The van der Waals surface area contributed by atoms with Crippen molar-refractivity contribution in [1.82, 2.24) is 14.8 Å². The fraction of sp³-hybridized carbons (Fsp3) is 0.0800. The number of aryl methyl sites for hydroxylation is 1. The smallest absolute Gasteiger partial charge is 0.283 e. The molecular weight excluding hydrogens is 420 g/mol. The molecule has 0 saturated carbocycles. The minimum Gasteiger partial charge on any atom is -0.506 e. The van der Waals surface area contributed by atoms with Gasteiger partial charge in [0.2, 0.25) is 5.13 Å². The van der Waals surface area contributed by atoms with Gasteiger partial charge in [-0.25, -0.2) is 9.98 Å². The molecule has 3 aromatic carbocycles. The van der Waals surface area contributed by atoms with E-state index in [4.69, 9.17) is 0 Å². The monoisotopic (exact) mass is 440 g/mol. The third-order valence-electron chi connectivity index (χ3n) is 5.21. The fourth-order valence-corrected chi connectivity index (χ4v) is 4.56. The van der Waals surface area contributed by atoms with Crippen molar-refractivity contribution >= 4 is 33.0 Å². The molecule has 0 aliphatic heterocycles. The lowest BCUT2D eigenvalue weighted by Crippen LogP contribution is -2.19. The fourth-order valence-electron chi connectivity index (χ4n) is 3.64. The van der Waals surface area contributed by atoms with Crippen molar-refractivity contribution in [3.05, 3.63) is 94.3 Å². The van der Waals surface area contributed by atoms with Gasteiger partial charge in [0.15, 0.2) is 0 Å². The topological polar surface area (TPSA) is 83.3 Å². The first-order valence-corrected chi connectivity index (χ1v) is 10.9. The first kappa shape index (κ1) is 20.0. The van der Waals surface area contributed by atoms with Gasteiger partial charge in [-0.1, -0.05) is 59.9 Å². The molecule has 5 aromatic rings. The predicted octanol–water partition coefficient (Wildman–Crippen LogP) is 5.60. The Hall–Kier alpha value is -3.97. The molecule has 7 heteroatoms. The minimum atomic E-state index is -0.240. The molecule has 0 aliphatic carbocycles. The van der Waals surface area contributed by atoms with E-state index in [0.29, 0.717) is 27.8 Å². The molecule has 0 saturated heterocycles. The second-order valence-electron chi connectivity index (χ2n) is 7.52. The van der Waals surface area contributed by atoms with Gasteiger partial charge in [0.25, 0.3) is 5.56 Å². The molecule has 0 amide bonds. The second kappa shape index (κ2) is 7.94. The summed E-state index contributed by atoms with van der Waals surface area (Å²) < 4.78 is 2.47. The molecule has 0 atom stereocenters. The van der Waals surface area contributed by atoms with Crippen LogP contribution in [0.25, 0.3) is 26.6 Å². The van der Waals surface area contributed by atoms with Gasteiger partial charge in [0, 0.05) is 5.56 Å². The number of phenolic OH excluding ortho intramolecular Hbond substituents is 1.